The summed E-state index contributed by atoms with van der Waals surface area (Å²) in [6.45, 7) is 19.9. The lowest BCUT2D eigenvalue weighted by Crippen LogP contribution is -2.60. The van der Waals surface area contributed by atoms with Crippen molar-refractivity contribution in [2.75, 3.05) is 33.3 Å². The lowest BCUT2D eigenvalue weighted by molar-refractivity contribution is -0.147. The number of thioether (sulfide) groups is 1. The SMILES string of the molecule is C=CCN(C)C(=O)[C@H]1[C@@H]2SC3(CC2Br)C(C(=O)N(CC=C)C(C)(C)CC(C)(C)C)N(CCCCCCO)C(=O)[C@H]13. The molecule has 3 heterocycles. The van der Waals surface area contributed by atoms with Gasteiger partial charge in [-0.1, -0.05) is 61.7 Å². The standard InChI is InChI=1S/C31H50BrN3O4S/c1-9-15-33(8)26(37)22-23-27(38)34(17-13-11-12-14-18-36)25(31(23)19-21(32)24(22)40-31)28(39)35(16-10-2)30(6,7)20-29(3,4)5/h9-10,21-25,36H,1-2,11-20H2,3-8H3/t21?,22-,23+,24-,25?,31?/m1/s1. The maximum absolute atomic E-state index is 14.8. The Hall–Kier alpha value is -1.32. The van der Waals surface area contributed by atoms with Crippen LogP contribution in [0.25, 0.3) is 0 Å². The molecule has 0 aliphatic carbocycles. The molecule has 0 saturated carbocycles. The van der Waals surface area contributed by atoms with Crippen LogP contribution in [0.15, 0.2) is 25.3 Å². The summed E-state index contributed by atoms with van der Waals surface area (Å²) in [5, 5.41) is 9.13. The number of aliphatic hydroxyl groups excluding tert-OH is 1. The minimum absolute atomic E-state index is 0.00330. The first kappa shape index (κ1) is 33.2. The number of carbonyl (C=O) groups excluding carboxylic acids is 3. The van der Waals surface area contributed by atoms with Crippen LogP contribution in [-0.4, -0.2) is 97.2 Å². The van der Waals surface area contributed by atoms with E-state index in [1.165, 1.54) is 0 Å². The van der Waals surface area contributed by atoms with Crippen LogP contribution in [-0.2, 0) is 14.4 Å². The third-order valence-corrected chi connectivity index (χ3v) is 11.9. The Morgan fingerprint density at radius 1 is 1.10 bits per heavy atom. The number of likely N-dealkylation sites (tertiary alicyclic amines) is 1. The highest BCUT2D eigenvalue weighted by molar-refractivity contribution is 9.09. The van der Waals surface area contributed by atoms with Gasteiger partial charge in [-0.05, 0) is 44.9 Å². The lowest BCUT2D eigenvalue weighted by Gasteiger charge is -2.46. The summed E-state index contributed by atoms with van der Waals surface area (Å²) in [5.41, 5.74) is -0.459. The van der Waals surface area contributed by atoms with Crippen LogP contribution in [0.3, 0.4) is 0 Å². The van der Waals surface area contributed by atoms with Crippen molar-refractivity contribution in [3.8, 4) is 0 Å². The number of hydrogen-bond acceptors (Lipinski definition) is 5. The number of amides is 3. The molecule has 3 fully saturated rings. The molecule has 2 bridgehead atoms. The number of halogens is 1. The highest BCUT2D eigenvalue weighted by Gasteiger charge is 2.76. The highest BCUT2D eigenvalue weighted by atomic mass is 79.9. The van der Waals surface area contributed by atoms with Gasteiger partial charge in [0.05, 0.1) is 16.6 Å². The van der Waals surface area contributed by atoms with E-state index in [4.69, 9.17) is 0 Å². The minimum Gasteiger partial charge on any atom is -0.396 e. The minimum atomic E-state index is -0.662. The first-order valence-electron chi connectivity index (χ1n) is 14.7. The molecule has 3 saturated heterocycles. The number of aliphatic hydroxyl groups is 1. The molecule has 0 radical (unpaired) electrons. The molecule has 0 aromatic carbocycles. The molecule has 0 aromatic heterocycles. The predicted octanol–water partition coefficient (Wildman–Crippen LogP) is 4.88. The number of alkyl halides is 1. The Bertz CT molecular complexity index is 982. The number of likely N-dealkylation sites (N-methyl/N-ethyl adjacent to an activating group) is 1. The van der Waals surface area contributed by atoms with Crippen molar-refractivity contribution in [2.24, 2.45) is 17.3 Å². The topological polar surface area (TPSA) is 81.2 Å². The van der Waals surface area contributed by atoms with Gasteiger partial charge in [0.15, 0.2) is 0 Å². The molecule has 6 atom stereocenters. The second kappa shape index (κ2) is 12.9. The van der Waals surface area contributed by atoms with Crippen molar-refractivity contribution in [2.45, 2.75) is 99.5 Å². The maximum atomic E-state index is 14.8. The van der Waals surface area contributed by atoms with Gasteiger partial charge in [-0.15, -0.1) is 24.9 Å². The molecule has 9 heteroatoms. The average molecular weight is 641 g/mol. The van der Waals surface area contributed by atoms with E-state index in [0.717, 1.165) is 32.1 Å². The molecule has 0 aromatic rings. The second-order valence-corrected chi connectivity index (χ2v) is 16.3. The van der Waals surface area contributed by atoms with Gasteiger partial charge >= 0.3 is 0 Å². The van der Waals surface area contributed by atoms with Crippen LogP contribution in [0, 0.1) is 17.3 Å². The van der Waals surface area contributed by atoms with Crippen molar-refractivity contribution in [3.05, 3.63) is 25.3 Å². The Kier molecular flexibility index (Phi) is 10.7. The fourth-order valence-electron chi connectivity index (χ4n) is 7.52. The van der Waals surface area contributed by atoms with E-state index in [1.807, 2.05) is 9.80 Å². The van der Waals surface area contributed by atoms with Crippen LogP contribution >= 0.6 is 27.7 Å². The normalized spacial score (nSPS) is 29.4. The van der Waals surface area contributed by atoms with E-state index < -0.39 is 28.2 Å². The summed E-state index contributed by atoms with van der Waals surface area (Å²) in [5.74, 6) is -1.16. The zero-order valence-corrected chi connectivity index (χ0v) is 27.7. The van der Waals surface area contributed by atoms with Gasteiger partial charge in [0.1, 0.15) is 6.04 Å². The van der Waals surface area contributed by atoms with E-state index in [-0.39, 0.29) is 39.8 Å². The third kappa shape index (κ3) is 6.36. The number of rotatable bonds is 14. The molecular weight excluding hydrogens is 590 g/mol. The summed E-state index contributed by atoms with van der Waals surface area (Å²) in [6.07, 6.45) is 8.17. The van der Waals surface area contributed by atoms with Crippen LogP contribution < -0.4 is 0 Å². The van der Waals surface area contributed by atoms with Crippen molar-refractivity contribution < 1.29 is 19.5 Å². The zero-order valence-electron chi connectivity index (χ0n) is 25.3. The molecule has 3 unspecified atom stereocenters. The summed E-state index contributed by atoms with van der Waals surface area (Å²) < 4.78 is -0.662. The van der Waals surface area contributed by atoms with Crippen LogP contribution in [0.5, 0.6) is 0 Å². The summed E-state index contributed by atoms with van der Waals surface area (Å²) in [4.78, 5) is 48.4. The summed E-state index contributed by atoms with van der Waals surface area (Å²) in [7, 11) is 1.76. The molecule has 3 aliphatic rings. The fourth-order valence-corrected chi connectivity index (χ4v) is 11.1. The molecule has 3 aliphatic heterocycles. The van der Waals surface area contributed by atoms with Crippen molar-refractivity contribution in [1.82, 2.24) is 14.7 Å². The fraction of sp³-hybridized carbons (Fsp3) is 0.774. The number of fused-ring (bicyclic) bond motifs is 1. The Morgan fingerprint density at radius 3 is 2.30 bits per heavy atom. The molecule has 1 N–H and O–H groups in total. The molecule has 7 nitrogen and oxygen atoms in total. The van der Waals surface area contributed by atoms with Gasteiger partial charge < -0.3 is 19.8 Å². The van der Waals surface area contributed by atoms with Crippen LogP contribution in [0.2, 0.25) is 0 Å². The first-order valence-corrected chi connectivity index (χ1v) is 16.5. The van der Waals surface area contributed by atoms with Crippen molar-refractivity contribution in [1.29, 1.82) is 0 Å². The largest absolute Gasteiger partial charge is 0.396 e. The van der Waals surface area contributed by atoms with Gasteiger partial charge in [-0.3, -0.25) is 14.4 Å². The van der Waals surface area contributed by atoms with Gasteiger partial charge in [-0.25, -0.2) is 0 Å². The zero-order chi connectivity index (χ0) is 30.0. The molecule has 3 rings (SSSR count). The number of nitrogens with zero attached hydrogens (tertiary/aromatic N) is 3. The van der Waals surface area contributed by atoms with Gasteiger partial charge in [0, 0.05) is 48.9 Å². The van der Waals surface area contributed by atoms with E-state index in [2.05, 4.69) is 63.7 Å². The molecule has 40 heavy (non-hydrogen) atoms. The summed E-state index contributed by atoms with van der Waals surface area (Å²) >= 11 is 5.55. The number of unbranched alkanes of at least 4 members (excludes halogenated alkanes) is 3. The third-order valence-electron chi connectivity index (χ3n) is 8.67. The van der Waals surface area contributed by atoms with Crippen LogP contribution in [0.1, 0.15) is 73.1 Å². The predicted molar refractivity (Wildman–Crippen MR) is 167 cm³/mol. The second-order valence-electron chi connectivity index (χ2n) is 13.6. The monoisotopic (exact) mass is 639 g/mol. The Balaban J connectivity index is 2.06. The van der Waals surface area contributed by atoms with Crippen molar-refractivity contribution in [3.63, 3.8) is 0 Å². The average Bonchev–Trinajstić information content (AvgIpc) is 3.43. The highest BCUT2D eigenvalue weighted by Crippen LogP contribution is 2.68. The lowest BCUT2D eigenvalue weighted by atomic mass is 9.70. The van der Waals surface area contributed by atoms with Gasteiger partial charge in [0.2, 0.25) is 17.7 Å². The molecule has 1 spiro atoms. The quantitative estimate of drug-likeness (QED) is 0.166. The van der Waals surface area contributed by atoms with Crippen LogP contribution in [0.4, 0.5) is 0 Å². The summed E-state index contributed by atoms with van der Waals surface area (Å²) in [6, 6.07) is -0.639. The maximum Gasteiger partial charge on any atom is 0.247 e. The van der Waals surface area contributed by atoms with E-state index in [9.17, 15) is 19.5 Å². The molecular formula is C31H50BrN3O4S. The van der Waals surface area contributed by atoms with E-state index in [1.54, 1.807) is 35.9 Å². The Morgan fingerprint density at radius 2 is 1.73 bits per heavy atom. The van der Waals surface area contributed by atoms with Gasteiger partial charge in [-0.2, -0.15) is 0 Å². The van der Waals surface area contributed by atoms with E-state index in [0.29, 0.717) is 26.1 Å². The first-order chi connectivity index (χ1) is 18.7. The van der Waals surface area contributed by atoms with Gasteiger partial charge in [0.25, 0.3) is 0 Å². The molecule has 3 amide bonds. The van der Waals surface area contributed by atoms with E-state index >= 15 is 0 Å². The number of carbonyl (C=O) groups is 3. The Labute approximate surface area is 254 Å². The number of hydrogen-bond donors (Lipinski definition) is 1. The van der Waals surface area contributed by atoms with Crippen molar-refractivity contribution >= 4 is 45.4 Å². The smallest absolute Gasteiger partial charge is 0.247 e. The molecule has 226 valence electrons.